The van der Waals surface area contributed by atoms with Gasteiger partial charge in [0, 0.05) is 5.41 Å². The maximum absolute atomic E-state index is 4.43. The first kappa shape index (κ1) is 40.9. The summed E-state index contributed by atoms with van der Waals surface area (Å²) in [6.07, 6.45) is 18.5. The Bertz CT molecular complexity index is 2030. The minimum atomic E-state index is 0.0183. The zero-order valence-electron chi connectivity index (χ0n) is 35.0. The molecule has 1 aliphatic rings. The molecule has 1 aliphatic carbocycles. The van der Waals surface area contributed by atoms with Crippen LogP contribution in [0.5, 0.6) is 0 Å². The zero-order chi connectivity index (χ0) is 39.5. The molecule has 0 saturated heterocycles. The van der Waals surface area contributed by atoms with Gasteiger partial charge in [-0.2, -0.15) is 12.6 Å². The summed E-state index contributed by atoms with van der Waals surface area (Å²) in [4.78, 5) is 0. The third kappa shape index (κ3) is 9.53. The zero-order valence-corrected chi connectivity index (χ0v) is 35.9. The van der Waals surface area contributed by atoms with Crippen molar-refractivity contribution in [3.8, 4) is 55.6 Å². The molecule has 6 aromatic rings. The second-order valence-corrected chi connectivity index (χ2v) is 17.2. The summed E-state index contributed by atoms with van der Waals surface area (Å²) in [7, 11) is 0. The third-order valence-electron chi connectivity index (χ3n) is 12.7. The van der Waals surface area contributed by atoms with Crippen molar-refractivity contribution < 1.29 is 0 Å². The molecule has 0 spiro atoms. The van der Waals surface area contributed by atoms with Gasteiger partial charge in [-0.25, -0.2) is 0 Å². The maximum atomic E-state index is 4.43. The molecule has 6 aromatic carbocycles. The fourth-order valence-electron chi connectivity index (χ4n) is 9.41. The molecule has 0 aromatic heterocycles. The fourth-order valence-corrected chi connectivity index (χ4v) is 9.57. The van der Waals surface area contributed by atoms with E-state index in [-0.39, 0.29) is 5.41 Å². The van der Waals surface area contributed by atoms with Crippen LogP contribution in [0, 0.1) is 0 Å². The highest BCUT2D eigenvalue weighted by atomic mass is 32.1. The van der Waals surface area contributed by atoms with Gasteiger partial charge in [0.1, 0.15) is 0 Å². The lowest BCUT2D eigenvalue weighted by molar-refractivity contribution is 0.401. The molecular formula is C56H64S. The Labute approximate surface area is 350 Å². The molecule has 0 amide bonds. The average Bonchev–Trinajstić information content (AvgIpc) is 3.53. The standard InChI is InChI=1S/C56H64S/c1-4-7-10-12-35-56(36-13-11-8-5-2)54-40-50(46-27-23-44(24-28-46)48-21-14-18-42(38-48)17-9-6-3)31-33-52(54)53-34-32-51(41-55(53)56)47-29-25-45(26-30-47)49-22-15-19-43(39-49)20-16-37-57/h14-15,18-19,21-34,38-41,57H,4-13,16-17,20,35-37H2,1-3H3. The van der Waals surface area contributed by atoms with Crippen molar-refractivity contribution >= 4 is 12.6 Å². The number of fused-ring (bicyclic) bond motifs is 3. The first-order valence-corrected chi connectivity index (χ1v) is 23.0. The minimum absolute atomic E-state index is 0.0183. The van der Waals surface area contributed by atoms with Crippen LogP contribution in [0.1, 0.15) is 126 Å². The van der Waals surface area contributed by atoms with Gasteiger partial charge in [-0.15, -0.1) is 0 Å². The first-order valence-electron chi connectivity index (χ1n) is 22.4. The smallest absolute Gasteiger partial charge is 0.0215 e. The van der Waals surface area contributed by atoms with Gasteiger partial charge in [0.05, 0.1) is 0 Å². The van der Waals surface area contributed by atoms with Crippen molar-refractivity contribution in [1.82, 2.24) is 0 Å². The summed E-state index contributed by atoms with van der Waals surface area (Å²) < 4.78 is 0. The Hall–Kier alpha value is -4.33. The number of aryl methyl sites for hydroxylation is 2. The van der Waals surface area contributed by atoms with E-state index in [4.69, 9.17) is 0 Å². The third-order valence-corrected chi connectivity index (χ3v) is 13.0. The molecule has 0 N–H and O–H groups in total. The van der Waals surface area contributed by atoms with Crippen LogP contribution < -0.4 is 0 Å². The van der Waals surface area contributed by atoms with E-state index in [1.165, 1.54) is 144 Å². The predicted molar refractivity (Wildman–Crippen MR) is 253 cm³/mol. The molecule has 0 nitrogen and oxygen atoms in total. The summed E-state index contributed by atoms with van der Waals surface area (Å²) in [6, 6.07) is 51.7. The van der Waals surface area contributed by atoms with Crippen LogP contribution >= 0.6 is 12.6 Å². The van der Waals surface area contributed by atoms with E-state index >= 15 is 0 Å². The van der Waals surface area contributed by atoms with Crippen LogP contribution in [0.4, 0.5) is 0 Å². The Balaban J connectivity index is 1.24. The molecule has 0 saturated carbocycles. The number of rotatable bonds is 20. The molecule has 294 valence electrons. The molecule has 0 bridgehead atoms. The highest BCUT2D eigenvalue weighted by Gasteiger charge is 2.42. The Kier molecular flexibility index (Phi) is 14.3. The van der Waals surface area contributed by atoms with Gasteiger partial charge >= 0.3 is 0 Å². The SMILES string of the molecule is CCCCCCC1(CCCCCC)c2cc(-c3ccc(-c4cccc(CCCC)c4)cc3)ccc2-c2ccc(-c3ccc(-c4cccc(CCCS)c4)cc3)cc21. The molecule has 0 aliphatic heterocycles. The maximum Gasteiger partial charge on any atom is 0.0215 e. The number of thiol groups is 1. The van der Waals surface area contributed by atoms with Gasteiger partial charge in [-0.3, -0.25) is 0 Å². The van der Waals surface area contributed by atoms with E-state index < -0.39 is 0 Å². The number of hydrogen-bond donors (Lipinski definition) is 1. The predicted octanol–water partition coefficient (Wildman–Crippen LogP) is 16.8. The van der Waals surface area contributed by atoms with Gasteiger partial charge in [-0.1, -0.05) is 200 Å². The van der Waals surface area contributed by atoms with Crippen molar-refractivity contribution in [3.05, 3.63) is 156 Å². The number of benzene rings is 6. The van der Waals surface area contributed by atoms with Gasteiger partial charge in [0.2, 0.25) is 0 Å². The molecular weight excluding hydrogens is 705 g/mol. The Morgan fingerprint density at radius 1 is 0.368 bits per heavy atom. The van der Waals surface area contributed by atoms with Gasteiger partial charge in [0.25, 0.3) is 0 Å². The molecule has 0 radical (unpaired) electrons. The van der Waals surface area contributed by atoms with Gasteiger partial charge in [0.15, 0.2) is 0 Å². The van der Waals surface area contributed by atoms with Gasteiger partial charge in [-0.05, 0) is 134 Å². The van der Waals surface area contributed by atoms with Gasteiger partial charge < -0.3 is 0 Å². The van der Waals surface area contributed by atoms with Crippen LogP contribution in [0.3, 0.4) is 0 Å². The summed E-state index contributed by atoms with van der Waals surface area (Å²) in [5.74, 6) is 0.924. The quantitative estimate of drug-likeness (QED) is 0.0580. The van der Waals surface area contributed by atoms with E-state index in [1.807, 2.05) is 0 Å². The summed E-state index contributed by atoms with van der Waals surface area (Å²) in [5.41, 5.74) is 19.3. The molecule has 0 unspecified atom stereocenters. The Morgan fingerprint density at radius 2 is 0.754 bits per heavy atom. The summed E-state index contributed by atoms with van der Waals surface area (Å²) in [6.45, 7) is 6.94. The van der Waals surface area contributed by atoms with Crippen LogP contribution in [0.15, 0.2) is 133 Å². The second-order valence-electron chi connectivity index (χ2n) is 16.7. The lowest BCUT2D eigenvalue weighted by atomic mass is 9.70. The lowest BCUT2D eigenvalue weighted by Gasteiger charge is -2.33. The van der Waals surface area contributed by atoms with Crippen LogP contribution in [0.2, 0.25) is 0 Å². The Morgan fingerprint density at radius 3 is 1.16 bits per heavy atom. The molecule has 0 atom stereocenters. The molecule has 1 heteroatoms. The van der Waals surface area contributed by atoms with Crippen LogP contribution in [-0.4, -0.2) is 5.75 Å². The van der Waals surface area contributed by atoms with Crippen molar-refractivity contribution in [2.75, 3.05) is 5.75 Å². The van der Waals surface area contributed by atoms with E-state index in [9.17, 15) is 0 Å². The first-order chi connectivity index (χ1) is 28.1. The highest BCUT2D eigenvalue weighted by molar-refractivity contribution is 7.80. The number of unbranched alkanes of at least 4 members (excludes halogenated alkanes) is 7. The van der Waals surface area contributed by atoms with Crippen LogP contribution in [-0.2, 0) is 18.3 Å². The fraction of sp³-hybridized carbons (Fsp3) is 0.357. The monoisotopic (exact) mass is 768 g/mol. The van der Waals surface area contributed by atoms with E-state index in [0.717, 1.165) is 25.0 Å². The van der Waals surface area contributed by atoms with E-state index in [2.05, 4.69) is 167 Å². The summed E-state index contributed by atoms with van der Waals surface area (Å²) >= 11 is 4.43. The second kappa shape index (κ2) is 19.9. The largest absolute Gasteiger partial charge is 0.179 e. The molecule has 7 rings (SSSR count). The van der Waals surface area contributed by atoms with E-state index in [1.54, 1.807) is 11.1 Å². The molecule has 57 heavy (non-hydrogen) atoms. The normalized spacial score (nSPS) is 12.8. The lowest BCUT2D eigenvalue weighted by Crippen LogP contribution is -2.25. The van der Waals surface area contributed by atoms with Crippen molar-refractivity contribution in [3.63, 3.8) is 0 Å². The molecule has 0 fully saturated rings. The van der Waals surface area contributed by atoms with Crippen molar-refractivity contribution in [1.29, 1.82) is 0 Å². The number of hydrogen-bond acceptors (Lipinski definition) is 1. The van der Waals surface area contributed by atoms with Crippen LogP contribution in [0.25, 0.3) is 55.6 Å². The highest BCUT2D eigenvalue weighted by Crippen LogP contribution is 2.56. The molecule has 0 heterocycles. The summed E-state index contributed by atoms with van der Waals surface area (Å²) in [5, 5.41) is 0. The topological polar surface area (TPSA) is 0 Å². The van der Waals surface area contributed by atoms with Crippen molar-refractivity contribution in [2.45, 2.75) is 122 Å². The average molecular weight is 769 g/mol. The van der Waals surface area contributed by atoms with Crippen molar-refractivity contribution in [2.24, 2.45) is 0 Å². The minimum Gasteiger partial charge on any atom is -0.179 e. The van der Waals surface area contributed by atoms with E-state index in [0.29, 0.717) is 0 Å².